The number of carbonyl (C=O) groups is 1. The van der Waals surface area contributed by atoms with Crippen molar-refractivity contribution in [3.63, 3.8) is 0 Å². The smallest absolute Gasteiger partial charge is 0.334 e. The lowest BCUT2D eigenvalue weighted by Crippen LogP contribution is -2.28. The molecule has 2 N–H and O–H groups in total. The van der Waals surface area contributed by atoms with Crippen LogP contribution in [0.25, 0.3) is 16.8 Å². The number of nitrogens with zero attached hydrogens (tertiary/aromatic N) is 3. The maximum atomic E-state index is 12.5. The summed E-state index contributed by atoms with van der Waals surface area (Å²) in [6, 6.07) is 29.0. The first-order chi connectivity index (χ1) is 17.0. The van der Waals surface area contributed by atoms with Crippen molar-refractivity contribution in [2.75, 3.05) is 5.32 Å². The van der Waals surface area contributed by atoms with Gasteiger partial charge < -0.3 is 10.6 Å². The number of aryl methyl sites for hydroxylation is 1. The Morgan fingerprint density at radius 3 is 2.46 bits per heavy atom. The number of benzene rings is 3. The number of carbonyl (C=O) groups excluding carboxylic acids is 1. The number of aromatic nitrogens is 3. The average molecular weight is 464 g/mol. The molecular weight excluding hydrogens is 438 g/mol. The van der Waals surface area contributed by atoms with Crippen LogP contribution in [0.3, 0.4) is 0 Å². The summed E-state index contributed by atoms with van der Waals surface area (Å²) in [5.74, 6) is 0. The zero-order chi connectivity index (χ0) is 24.2. The Morgan fingerprint density at radius 2 is 1.63 bits per heavy atom. The van der Waals surface area contributed by atoms with E-state index in [1.165, 1.54) is 14.6 Å². The van der Waals surface area contributed by atoms with Crippen LogP contribution in [0.15, 0.2) is 102 Å². The van der Waals surface area contributed by atoms with Crippen molar-refractivity contribution >= 4 is 17.4 Å². The number of anilines is 1. The second-order valence-electron chi connectivity index (χ2n) is 8.45. The fourth-order valence-corrected chi connectivity index (χ4v) is 4.03. The van der Waals surface area contributed by atoms with E-state index < -0.39 is 0 Å². The van der Waals surface area contributed by atoms with E-state index in [0.29, 0.717) is 24.4 Å². The van der Waals surface area contributed by atoms with Crippen LogP contribution in [-0.2, 0) is 13.1 Å². The summed E-state index contributed by atoms with van der Waals surface area (Å²) in [5.41, 5.74) is 6.38. The molecule has 3 aromatic carbocycles. The van der Waals surface area contributed by atoms with Crippen LogP contribution in [0.2, 0.25) is 0 Å². The molecule has 0 fully saturated rings. The zero-order valence-electron chi connectivity index (χ0n) is 19.3. The lowest BCUT2D eigenvalue weighted by atomic mass is 10.0. The van der Waals surface area contributed by atoms with Gasteiger partial charge in [-0.25, -0.2) is 14.3 Å². The molecule has 0 spiro atoms. The molecule has 5 aromatic rings. The Morgan fingerprint density at radius 1 is 0.857 bits per heavy atom. The molecule has 35 heavy (non-hydrogen) atoms. The first-order valence-electron chi connectivity index (χ1n) is 11.4. The van der Waals surface area contributed by atoms with Gasteiger partial charge in [0.05, 0.1) is 6.54 Å². The topological polar surface area (TPSA) is 80.4 Å². The lowest BCUT2D eigenvalue weighted by Gasteiger charge is -2.10. The Kier molecular flexibility index (Phi) is 6.13. The molecule has 5 rings (SSSR count). The van der Waals surface area contributed by atoms with E-state index in [4.69, 9.17) is 0 Å². The first-order valence-corrected chi connectivity index (χ1v) is 11.4. The molecule has 0 unspecified atom stereocenters. The predicted octanol–water partition coefficient (Wildman–Crippen LogP) is 4.84. The summed E-state index contributed by atoms with van der Waals surface area (Å²) in [6.45, 7) is 2.79. The maximum Gasteiger partial charge on any atom is 0.350 e. The number of nitrogens with one attached hydrogen (secondary N) is 2. The third-order valence-electron chi connectivity index (χ3n) is 5.74. The highest BCUT2D eigenvalue weighted by Gasteiger charge is 2.08. The van der Waals surface area contributed by atoms with Crippen LogP contribution < -0.4 is 16.3 Å². The van der Waals surface area contributed by atoms with Crippen LogP contribution in [-0.4, -0.2) is 20.2 Å². The number of pyridine rings is 1. The van der Waals surface area contributed by atoms with E-state index in [1.54, 1.807) is 18.3 Å². The molecule has 2 amide bonds. The van der Waals surface area contributed by atoms with Gasteiger partial charge in [0.2, 0.25) is 0 Å². The summed E-state index contributed by atoms with van der Waals surface area (Å²) < 4.78 is 2.92. The molecule has 7 heteroatoms. The van der Waals surface area contributed by atoms with E-state index in [1.807, 2.05) is 48.5 Å². The fraction of sp³-hybridized carbons (Fsp3) is 0.107. The number of rotatable bonds is 6. The Bertz CT molecular complexity index is 1570. The minimum atomic E-state index is -0.298. The molecule has 2 aromatic heterocycles. The van der Waals surface area contributed by atoms with Crippen molar-refractivity contribution in [2.45, 2.75) is 20.0 Å². The van der Waals surface area contributed by atoms with Crippen molar-refractivity contribution in [3.8, 4) is 11.1 Å². The number of amides is 2. The van der Waals surface area contributed by atoms with Crippen molar-refractivity contribution in [1.29, 1.82) is 0 Å². The quantitative estimate of drug-likeness (QED) is 0.378. The van der Waals surface area contributed by atoms with Crippen LogP contribution in [0.4, 0.5) is 10.5 Å². The summed E-state index contributed by atoms with van der Waals surface area (Å²) >= 11 is 0. The molecule has 0 aliphatic heterocycles. The van der Waals surface area contributed by atoms with Crippen molar-refractivity contribution < 1.29 is 4.79 Å². The van der Waals surface area contributed by atoms with Crippen molar-refractivity contribution in [1.82, 2.24) is 19.5 Å². The average Bonchev–Trinajstić information content (AvgIpc) is 3.18. The van der Waals surface area contributed by atoms with Gasteiger partial charge in [0.1, 0.15) is 0 Å². The molecule has 2 heterocycles. The van der Waals surface area contributed by atoms with Gasteiger partial charge in [-0.2, -0.15) is 0 Å². The van der Waals surface area contributed by atoms with Gasteiger partial charge in [-0.3, -0.25) is 4.40 Å². The largest absolute Gasteiger partial charge is 0.350 e. The SMILES string of the molecule is Cc1cccc(-c2cccc(CNC(=O)Nc3cccc(Cn4nc5ccccn5c4=O)c3)c2)c1. The lowest BCUT2D eigenvalue weighted by molar-refractivity contribution is 0.251. The summed E-state index contributed by atoms with van der Waals surface area (Å²) in [6.07, 6.45) is 1.69. The standard InChI is InChI=1S/C28H25N5O2/c1-20-7-4-10-23(15-20)24-11-5-8-21(16-24)18-29-27(34)30-25-12-6-9-22(17-25)19-33-28(35)32-14-3-2-13-26(32)31-33/h2-17H,18-19H2,1H3,(H2,29,30,34). The third-order valence-corrected chi connectivity index (χ3v) is 5.74. The number of hydrogen-bond acceptors (Lipinski definition) is 3. The van der Waals surface area contributed by atoms with E-state index >= 15 is 0 Å². The van der Waals surface area contributed by atoms with Gasteiger partial charge in [-0.05, 0) is 59.5 Å². The van der Waals surface area contributed by atoms with E-state index in [-0.39, 0.29) is 11.7 Å². The van der Waals surface area contributed by atoms with Crippen LogP contribution in [0, 0.1) is 6.92 Å². The van der Waals surface area contributed by atoms with Crippen molar-refractivity contribution in [3.05, 3.63) is 124 Å². The molecule has 0 aliphatic carbocycles. The highest BCUT2D eigenvalue weighted by Crippen LogP contribution is 2.21. The van der Waals surface area contributed by atoms with Crippen LogP contribution in [0.5, 0.6) is 0 Å². The molecule has 7 nitrogen and oxygen atoms in total. The maximum absolute atomic E-state index is 12.5. The predicted molar refractivity (Wildman–Crippen MR) is 137 cm³/mol. The van der Waals surface area contributed by atoms with Gasteiger partial charge in [-0.1, -0.05) is 66.2 Å². The molecule has 0 aliphatic rings. The molecule has 0 saturated carbocycles. The van der Waals surface area contributed by atoms with Gasteiger partial charge in [0, 0.05) is 18.4 Å². The van der Waals surface area contributed by atoms with E-state index in [0.717, 1.165) is 22.3 Å². The molecule has 0 bridgehead atoms. The van der Waals surface area contributed by atoms with Gasteiger partial charge in [0.25, 0.3) is 0 Å². The second kappa shape index (κ2) is 9.69. The van der Waals surface area contributed by atoms with Crippen LogP contribution >= 0.6 is 0 Å². The van der Waals surface area contributed by atoms with Crippen LogP contribution in [0.1, 0.15) is 16.7 Å². The number of urea groups is 1. The first kappa shape index (κ1) is 22.2. The Labute approximate surface area is 202 Å². The molecule has 174 valence electrons. The molecule has 0 saturated heterocycles. The normalized spacial score (nSPS) is 10.9. The second-order valence-corrected chi connectivity index (χ2v) is 8.45. The summed E-state index contributed by atoms with van der Waals surface area (Å²) in [7, 11) is 0. The third kappa shape index (κ3) is 5.14. The highest BCUT2D eigenvalue weighted by molar-refractivity contribution is 5.89. The summed E-state index contributed by atoms with van der Waals surface area (Å²) in [5, 5.41) is 10.1. The monoisotopic (exact) mass is 463 g/mol. The molecule has 0 atom stereocenters. The Balaban J connectivity index is 1.22. The fourth-order valence-electron chi connectivity index (χ4n) is 4.03. The zero-order valence-corrected chi connectivity index (χ0v) is 19.3. The van der Waals surface area contributed by atoms with E-state index in [9.17, 15) is 9.59 Å². The van der Waals surface area contributed by atoms with Gasteiger partial charge in [-0.15, -0.1) is 5.10 Å². The molecular formula is C28H25N5O2. The minimum Gasteiger partial charge on any atom is -0.334 e. The Hall–Kier alpha value is -4.65. The highest BCUT2D eigenvalue weighted by atomic mass is 16.2. The minimum absolute atomic E-state index is 0.204. The molecule has 0 radical (unpaired) electrons. The van der Waals surface area contributed by atoms with Gasteiger partial charge >= 0.3 is 11.7 Å². The van der Waals surface area contributed by atoms with Crippen molar-refractivity contribution in [2.24, 2.45) is 0 Å². The van der Waals surface area contributed by atoms with Gasteiger partial charge in [0.15, 0.2) is 5.65 Å². The number of fused-ring (bicyclic) bond motifs is 1. The summed E-state index contributed by atoms with van der Waals surface area (Å²) in [4.78, 5) is 25.1. The number of hydrogen-bond donors (Lipinski definition) is 2. The van der Waals surface area contributed by atoms with E-state index in [2.05, 4.69) is 53.0 Å².